The lowest BCUT2D eigenvalue weighted by Crippen LogP contribution is -2.18. The third-order valence-corrected chi connectivity index (χ3v) is 2.39. The van der Waals surface area contributed by atoms with Gasteiger partial charge in [-0.2, -0.15) is 0 Å². The summed E-state index contributed by atoms with van der Waals surface area (Å²) in [5.41, 5.74) is 2.64. The molecule has 0 bridgehead atoms. The maximum absolute atomic E-state index is 5.96. The molecule has 3 heteroatoms. The highest BCUT2D eigenvalue weighted by Gasteiger charge is 2.09. The van der Waals surface area contributed by atoms with Crippen LogP contribution in [0.2, 0.25) is 5.02 Å². The molecule has 0 saturated carbocycles. The minimum Gasteiger partial charge on any atom is -0.373 e. The Morgan fingerprint density at radius 1 is 1.40 bits per heavy atom. The number of nitrogens with zero attached hydrogens (tertiary/aromatic N) is 1. The molecule has 2 rings (SSSR count). The summed E-state index contributed by atoms with van der Waals surface area (Å²) in [6.07, 6.45) is 5.34. The summed E-state index contributed by atoms with van der Waals surface area (Å²) >= 11 is 5.96. The van der Waals surface area contributed by atoms with Crippen molar-refractivity contribution < 1.29 is 4.74 Å². The summed E-state index contributed by atoms with van der Waals surface area (Å²) in [5, 5.41) is 0.633. The molecule has 1 aromatic carbocycles. The average molecular weight is 220 g/mol. The highest BCUT2D eigenvalue weighted by Crippen LogP contribution is 2.16. The first-order valence-corrected chi connectivity index (χ1v) is 5.06. The molecule has 0 fully saturated rings. The van der Waals surface area contributed by atoms with Gasteiger partial charge in [0.05, 0.1) is 25.5 Å². The van der Waals surface area contributed by atoms with Gasteiger partial charge in [0.15, 0.2) is 0 Å². The topological polar surface area (TPSA) is 21.6 Å². The van der Waals surface area contributed by atoms with E-state index in [2.05, 4.69) is 10.9 Å². The number of aliphatic imine (C=N–C) groups is 1. The Balaban J connectivity index is 2.39. The Bertz CT molecular complexity index is 445. The normalized spacial score (nSPS) is 15.6. The molecule has 1 aromatic rings. The molecule has 0 N–H and O–H groups in total. The third kappa shape index (κ3) is 2.38. The van der Waals surface area contributed by atoms with Gasteiger partial charge in [0.25, 0.3) is 0 Å². The molecule has 0 amide bonds. The minimum atomic E-state index is 0.532. The van der Waals surface area contributed by atoms with Gasteiger partial charge >= 0.3 is 0 Å². The van der Waals surface area contributed by atoms with E-state index >= 15 is 0 Å². The van der Waals surface area contributed by atoms with Gasteiger partial charge in [-0.25, -0.2) is 0 Å². The van der Waals surface area contributed by atoms with Gasteiger partial charge in [-0.15, -0.1) is 6.42 Å². The zero-order chi connectivity index (χ0) is 10.7. The Morgan fingerprint density at radius 2 is 2.27 bits per heavy atom. The third-order valence-electron chi connectivity index (χ3n) is 2.17. The molecular formula is C12H10ClNO. The van der Waals surface area contributed by atoms with Gasteiger partial charge in [0.1, 0.15) is 0 Å². The summed E-state index contributed by atoms with van der Waals surface area (Å²) in [4.78, 5) is 4.38. The fourth-order valence-corrected chi connectivity index (χ4v) is 1.71. The van der Waals surface area contributed by atoms with Crippen molar-refractivity contribution in [1.29, 1.82) is 0 Å². The van der Waals surface area contributed by atoms with Crippen LogP contribution >= 0.6 is 11.6 Å². The lowest BCUT2D eigenvalue weighted by molar-refractivity contribution is 0.171. The molecule has 76 valence electrons. The maximum Gasteiger partial charge on any atom is 0.0890 e. The molecule has 2 nitrogen and oxygen atoms in total. The van der Waals surface area contributed by atoms with E-state index in [0.29, 0.717) is 24.8 Å². The summed E-state index contributed by atoms with van der Waals surface area (Å²) in [5.74, 6) is 2.57. The van der Waals surface area contributed by atoms with E-state index in [4.69, 9.17) is 22.8 Å². The number of terminal acetylenes is 1. The van der Waals surface area contributed by atoms with E-state index in [1.807, 2.05) is 12.1 Å². The van der Waals surface area contributed by atoms with Crippen LogP contribution in [0.15, 0.2) is 23.2 Å². The van der Waals surface area contributed by atoms with Crippen molar-refractivity contribution in [3.8, 4) is 12.3 Å². The lowest BCUT2D eigenvalue weighted by Gasteiger charge is -2.13. The second-order valence-electron chi connectivity index (χ2n) is 3.25. The van der Waals surface area contributed by atoms with Crippen molar-refractivity contribution in [2.24, 2.45) is 4.99 Å². The Morgan fingerprint density at radius 3 is 2.93 bits per heavy atom. The largest absolute Gasteiger partial charge is 0.373 e. The predicted octanol–water partition coefficient (Wildman–Crippen LogP) is 2.14. The smallest absolute Gasteiger partial charge is 0.0890 e. The summed E-state index contributed by atoms with van der Waals surface area (Å²) in [6, 6.07) is 5.52. The zero-order valence-electron chi connectivity index (χ0n) is 8.16. The predicted molar refractivity (Wildman–Crippen MR) is 61.6 cm³/mol. The van der Waals surface area contributed by atoms with Gasteiger partial charge in [-0.3, -0.25) is 4.99 Å². The molecule has 1 heterocycles. The summed E-state index contributed by atoms with van der Waals surface area (Å²) < 4.78 is 5.32. The maximum atomic E-state index is 5.96. The van der Waals surface area contributed by atoms with Gasteiger partial charge in [-0.1, -0.05) is 17.5 Å². The van der Waals surface area contributed by atoms with Crippen LogP contribution in [0.5, 0.6) is 0 Å². The Kier molecular flexibility index (Phi) is 3.05. The van der Waals surface area contributed by atoms with Gasteiger partial charge in [-0.05, 0) is 18.2 Å². The average Bonchev–Trinajstić information content (AvgIpc) is 2.29. The van der Waals surface area contributed by atoms with E-state index in [1.165, 1.54) is 0 Å². The zero-order valence-corrected chi connectivity index (χ0v) is 8.92. The number of ether oxygens (including phenoxy) is 1. The van der Waals surface area contributed by atoms with E-state index < -0.39 is 0 Å². The first kappa shape index (κ1) is 10.2. The highest BCUT2D eigenvalue weighted by atomic mass is 35.5. The van der Waals surface area contributed by atoms with E-state index in [0.717, 1.165) is 16.8 Å². The molecule has 0 saturated heterocycles. The van der Waals surface area contributed by atoms with E-state index in [-0.39, 0.29) is 0 Å². The molecule has 15 heavy (non-hydrogen) atoms. The van der Waals surface area contributed by atoms with E-state index in [1.54, 1.807) is 6.07 Å². The number of rotatable bonds is 1. The van der Waals surface area contributed by atoms with Crippen LogP contribution < -0.4 is 0 Å². The standard InChI is InChI=1S/C12H10ClNO/c1-2-9-5-10(7-11(13)6-9)12-8-15-4-3-14-12/h1,5-7H,3-4,8H2. The summed E-state index contributed by atoms with van der Waals surface area (Å²) in [7, 11) is 0. The van der Waals surface area contributed by atoms with Crippen LogP contribution in [0.4, 0.5) is 0 Å². The van der Waals surface area contributed by atoms with Crippen LogP contribution in [0.3, 0.4) is 0 Å². The Hall–Kier alpha value is -1.30. The van der Waals surface area contributed by atoms with Crippen molar-refractivity contribution in [3.63, 3.8) is 0 Å². The molecule has 0 unspecified atom stereocenters. The Labute approximate surface area is 93.9 Å². The van der Waals surface area contributed by atoms with E-state index in [9.17, 15) is 0 Å². The van der Waals surface area contributed by atoms with Crippen molar-refractivity contribution in [2.75, 3.05) is 19.8 Å². The molecule has 1 aliphatic heterocycles. The number of halogens is 1. The second-order valence-corrected chi connectivity index (χ2v) is 3.69. The minimum absolute atomic E-state index is 0.532. The molecule has 0 spiro atoms. The first-order valence-electron chi connectivity index (χ1n) is 4.68. The van der Waals surface area contributed by atoms with Gasteiger partial charge in [0, 0.05) is 16.1 Å². The quantitative estimate of drug-likeness (QED) is 0.664. The molecule has 1 aliphatic rings. The second kappa shape index (κ2) is 4.48. The molecule has 0 radical (unpaired) electrons. The first-order chi connectivity index (χ1) is 7.29. The van der Waals surface area contributed by atoms with Crippen LogP contribution in [-0.2, 0) is 4.74 Å². The highest BCUT2D eigenvalue weighted by molar-refractivity contribution is 6.31. The SMILES string of the molecule is C#Cc1cc(Cl)cc(C2=NCCOC2)c1. The van der Waals surface area contributed by atoms with Gasteiger partial charge < -0.3 is 4.74 Å². The van der Waals surface area contributed by atoms with Crippen molar-refractivity contribution in [3.05, 3.63) is 34.3 Å². The molecule has 0 aliphatic carbocycles. The fraction of sp³-hybridized carbons (Fsp3) is 0.250. The molecular weight excluding hydrogens is 210 g/mol. The van der Waals surface area contributed by atoms with Crippen LogP contribution in [-0.4, -0.2) is 25.5 Å². The number of hydrogen-bond donors (Lipinski definition) is 0. The fourth-order valence-electron chi connectivity index (χ4n) is 1.47. The lowest BCUT2D eigenvalue weighted by atomic mass is 10.1. The van der Waals surface area contributed by atoms with Crippen molar-refractivity contribution in [2.45, 2.75) is 0 Å². The molecule has 0 aromatic heterocycles. The summed E-state index contributed by atoms with van der Waals surface area (Å²) in [6.45, 7) is 1.92. The van der Waals surface area contributed by atoms with Crippen LogP contribution in [0, 0.1) is 12.3 Å². The molecule has 0 atom stereocenters. The van der Waals surface area contributed by atoms with Gasteiger partial charge in [0.2, 0.25) is 0 Å². The number of hydrogen-bond acceptors (Lipinski definition) is 2. The van der Waals surface area contributed by atoms with Crippen LogP contribution in [0.1, 0.15) is 11.1 Å². The monoisotopic (exact) mass is 219 g/mol. The van der Waals surface area contributed by atoms with Crippen molar-refractivity contribution >= 4 is 17.3 Å². The van der Waals surface area contributed by atoms with Crippen LogP contribution in [0.25, 0.3) is 0 Å². The number of benzene rings is 1. The van der Waals surface area contributed by atoms with Crippen molar-refractivity contribution in [1.82, 2.24) is 0 Å².